The van der Waals surface area contributed by atoms with E-state index in [9.17, 15) is 38.0 Å². The number of nitrogens with zero attached hydrogens (tertiary/aromatic N) is 1. The largest absolute Gasteiger partial charge is 0.493 e. The molecule has 0 heterocycles. The molecule has 4 N–H and O–H groups in total. The van der Waals surface area contributed by atoms with Crippen molar-refractivity contribution in [2.45, 2.75) is 25.1 Å². The Kier molecular flexibility index (Phi) is 10.7. The number of alkyl halides is 3. The molecule has 1 atom stereocenters. The van der Waals surface area contributed by atoms with Crippen LogP contribution < -0.4 is 15.2 Å². The number of halogens is 3. The molecule has 0 bridgehead atoms. The van der Waals surface area contributed by atoms with Gasteiger partial charge in [-0.15, -0.1) is 0 Å². The van der Waals surface area contributed by atoms with Crippen molar-refractivity contribution in [3.05, 3.63) is 27.8 Å². The Morgan fingerprint density at radius 3 is 2.00 bits per heavy atom. The van der Waals surface area contributed by atoms with Crippen LogP contribution in [0.25, 0.3) is 0 Å². The second-order valence-corrected chi connectivity index (χ2v) is 5.43. The number of benzene rings is 1. The minimum absolute atomic E-state index is 0.0477. The van der Waals surface area contributed by atoms with Crippen LogP contribution in [0.5, 0.6) is 11.5 Å². The zero-order valence-corrected chi connectivity index (χ0v) is 16.2. The fourth-order valence-electron chi connectivity index (χ4n) is 1.94. The number of carboxylic acids is 2. The van der Waals surface area contributed by atoms with Crippen molar-refractivity contribution < 1.29 is 56.9 Å². The summed E-state index contributed by atoms with van der Waals surface area (Å²) in [7, 11) is 2.57. The van der Waals surface area contributed by atoms with Gasteiger partial charge in [0.15, 0.2) is 11.5 Å². The molecule has 12 nitrogen and oxygen atoms in total. The van der Waals surface area contributed by atoms with E-state index in [1.807, 2.05) is 0 Å². The maximum Gasteiger partial charge on any atom is 0.490 e. The first kappa shape index (κ1) is 27.4. The van der Waals surface area contributed by atoms with E-state index in [-0.39, 0.29) is 30.0 Å². The molecule has 0 radical (unpaired) electrons. The van der Waals surface area contributed by atoms with Gasteiger partial charge in [-0.3, -0.25) is 14.9 Å². The van der Waals surface area contributed by atoms with Crippen molar-refractivity contribution in [1.29, 1.82) is 0 Å². The molecule has 15 heteroatoms. The molecule has 0 saturated heterocycles. The Bertz CT molecular complexity index is 814. The molecule has 1 aromatic rings. The Balaban J connectivity index is 0.00000110. The lowest BCUT2D eigenvalue weighted by Crippen LogP contribution is -2.21. The number of carbonyl (C=O) groups is 3. The molecule has 1 rings (SSSR count). The summed E-state index contributed by atoms with van der Waals surface area (Å²) in [5.41, 5.74) is 4.38. The second kappa shape index (κ2) is 12.2. The maximum absolute atomic E-state index is 11.7. The molecule has 0 spiro atoms. The van der Waals surface area contributed by atoms with Gasteiger partial charge < -0.3 is 30.2 Å². The third-order valence-corrected chi connectivity index (χ3v) is 3.31. The summed E-state index contributed by atoms with van der Waals surface area (Å²) < 4.78 is 46.6. The van der Waals surface area contributed by atoms with Crippen molar-refractivity contribution in [2.75, 3.05) is 20.8 Å². The van der Waals surface area contributed by atoms with Gasteiger partial charge in [-0.25, -0.2) is 9.59 Å². The average molecular weight is 456 g/mol. The summed E-state index contributed by atoms with van der Waals surface area (Å²) in [6.45, 7) is 0.226. The third-order valence-electron chi connectivity index (χ3n) is 3.31. The molecule has 0 saturated carbocycles. The second-order valence-electron chi connectivity index (χ2n) is 5.43. The minimum Gasteiger partial charge on any atom is -0.493 e. The Morgan fingerprint density at radius 2 is 1.65 bits per heavy atom. The fourth-order valence-corrected chi connectivity index (χ4v) is 1.94. The van der Waals surface area contributed by atoms with Crippen LogP contribution in [0.15, 0.2) is 12.1 Å². The highest BCUT2D eigenvalue weighted by atomic mass is 19.4. The van der Waals surface area contributed by atoms with Crippen LogP contribution in [0.1, 0.15) is 24.5 Å². The van der Waals surface area contributed by atoms with E-state index in [4.69, 9.17) is 29.8 Å². The topological polar surface area (TPSA) is 189 Å². The van der Waals surface area contributed by atoms with Crippen molar-refractivity contribution >= 4 is 23.6 Å². The van der Waals surface area contributed by atoms with E-state index in [0.717, 1.165) is 12.1 Å². The molecule has 31 heavy (non-hydrogen) atoms. The summed E-state index contributed by atoms with van der Waals surface area (Å²) in [6.07, 6.45) is -6.73. The number of nitrogens with two attached hydrogens (primary N) is 1. The summed E-state index contributed by atoms with van der Waals surface area (Å²) >= 11 is 0. The van der Waals surface area contributed by atoms with Crippen LogP contribution in [0.3, 0.4) is 0 Å². The molecule has 0 aliphatic heterocycles. The van der Waals surface area contributed by atoms with Gasteiger partial charge in [0.25, 0.3) is 5.69 Å². The predicted molar refractivity (Wildman–Crippen MR) is 94.6 cm³/mol. The van der Waals surface area contributed by atoms with Gasteiger partial charge in [0.1, 0.15) is 0 Å². The van der Waals surface area contributed by atoms with Gasteiger partial charge in [0, 0.05) is 6.42 Å². The van der Waals surface area contributed by atoms with Crippen LogP contribution >= 0.6 is 0 Å². The lowest BCUT2D eigenvalue weighted by Gasteiger charge is -2.16. The van der Waals surface area contributed by atoms with Crippen LogP contribution in [-0.4, -0.2) is 60.0 Å². The van der Waals surface area contributed by atoms with Crippen LogP contribution in [0, 0.1) is 10.1 Å². The zero-order chi connectivity index (χ0) is 24.4. The van der Waals surface area contributed by atoms with Crippen molar-refractivity contribution in [1.82, 2.24) is 0 Å². The number of hydrogen-bond acceptors (Lipinski definition) is 9. The fraction of sp³-hybridized carbons (Fsp3) is 0.438. The number of carboxylic acid groups (broad SMARTS) is 2. The quantitative estimate of drug-likeness (QED) is 0.278. The highest BCUT2D eigenvalue weighted by Crippen LogP contribution is 2.38. The first-order chi connectivity index (χ1) is 14.3. The molecular weight excluding hydrogens is 437 g/mol. The van der Waals surface area contributed by atoms with E-state index >= 15 is 0 Å². The highest BCUT2D eigenvalue weighted by Gasteiger charge is 2.38. The molecule has 174 valence electrons. The van der Waals surface area contributed by atoms with Gasteiger partial charge in [-0.2, -0.15) is 13.2 Å². The first-order valence-corrected chi connectivity index (χ1v) is 8.12. The lowest BCUT2D eigenvalue weighted by molar-refractivity contribution is -0.386. The smallest absolute Gasteiger partial charge is 0.490 e. The van der Waals surface area contributed by atoms with E-state index in [1.54, 1.807) is 0 Å². The number of rotatable bonds is 9. The number of nitro benzene ring substituents is 1. The molecule has 1 unspecified atom stereocenters. The number of nitro groups is 1. The number of carbonyl (C=O) groups excluding carboxylic acids is 1. The Labute approximate surface area is 172 Å². The third kappa shape index (κ3) is 8.73. The number of hydrogen-bond donors (Lipinski definition) is 3. The van der Waals surface area contributed by atoms with Crippen molar-refractivity contribution in [3.8, 4) is 11.5 Å². The summed E-state index contributed by atoms with van der Waals surface area (Å²) in [5.74, 6) is -5.01. The molecule has 1 aromatic carbocycles. The van der Waals surface area contributed by atoms with Crippen molar-refractivity contribution in [2.24, 2.45) is 5.73 Å². The summed E-state index contributed by atoms with van der Waals surface area (Å²) in [4.78, 5) is 42.5. The molecular formula is C16H19F3N2O10. The molecule has 0 fully saturated rings. The summed E-state index contributed by atoms with van der Waals surface area (Å²) in [6, 6.07) is 2.11. The normalized spacial score (nSPS) is 11.4. The average Bonchev–Trinajstić information content (AvgIpc) is 2.68. The van der Waals surface area contributed by atoms with Gasteiger partial charge in [0.05, 0.1) is 30.8 Å². The molecule has 0 aliphatic carbocycles. The first-order valence-electron chi connectivity index (χ1n) is 8.12. The molecule has 0 aliphatic rings. The standard InChI is InChI=1S/C14H18N2O8.C2HF3O2/c1-22-10-6-8(9(16(20)21)7-11(10)23-2)13(14(18)19)24-12(17)4-3-5-15;3-2(4,5)1(6)7/h6-7,13H,3-5,15H2,1-2H3,(H,18,19);(H,6,7). The number of methoxy groups -OCH3 is 2. The van der Waals surface area contributed by atoms with E-state index in [0.29, 0.717) is 6.42 Å². The number of ether oxygens (including phenoxy) is 3. The number of esters is 1. The van der Waals surface area contributed by atoms with Gasteiger partial charge in [-0.05, 0) is 19.0 Å². The SMILES string of the molecule is COc1cc(C(OC(=O)CCCN)C(=O)O)c([N+](=O)[O-])cc1OC.O=C(O)C(F)(F)F. The van der Waals surface area contributed by atoms with Gasteiger partial charge >= 0.3 is 24.1 Å². The van der Waals surface area contributed by atoms with Crippen LogP contribution in [0.2, 0.25) is 0 Å². The maximum atomic E-state index is 11.7. The zero-order valence-electron chi connectivity index (χ0n) is 16.2. The Morgan fingerprint density at radius 1 is 1.16 bits per heavy atom. The van der Waals surface area contributed by atoms with Crippen LogP contribution in [0.4, 0.5) is 18.9 Å². The van der Waals surface area contributed by atoms with E-state index < -0.39 is 40.8 Å². The Hall–Kier alpha value is -3.62. The monoisotopic (exact) mass is 456 g/mol. The van der Waals surface area contributed by atoms with E-state index in [1.165, 1.54) is 14.2 Å². The lowest BCUT2D eigenvalue weighted by atomic mass is 10.1. The van der Waals surface area contributed by atoms with Gasteiger partial charge in [0.2, 0.25) is 6.10 Å². The predicted octanol–water partition coefficient (Wildman–Crippen LogP) is 1.65. The molecule has 0 amide bonds. The summed E-state index contributed by atoms with van der Waals surface area (Å²) in [5, 5.41) is 27.7. The van der Waals surface area contributed by atoms with Crippen molar-refractivity contribution in [3.63, 3.8) is 0 Å². The molecule has 0 aromatic heterocycles. The van der Waals surface area contributed by atoms with Gasteiger partial charge in [-0.1, -0.05) is 0 Å². The van der Waals surface area contributed by atoms with E-state index in [2.05, 4.69) is 0 Å². The van der Waals surface area contributed by atoms with Crippen LogP contribution in [-0.2, 0) is 19.1 Å². The number of aliphatic carboxylic acids is 2. The minimum atomic E-state index is -5.08. The highest BCUT2D eigenvalue weighted by molar-refractivity contribution is 5.81.